The van der Waals surface area contributed by atoms with Gasteiger partial charge in [-0.2, -0.15) is 0 Å². The summed E-state index contributed by atoms with van der Waals surface area (Å²) in [4.78, 5) is 28.8. The smallest absolute Gasteiger partial charge is 0.196 e. The predicted molar refractivity (Wildman–Crippen MR) is 120 cm³/mol. The average molecular weight is 392 g/mol. The van der Waals surface area contributed by atoms with Crippen LogP contribution in [0.3, 0.4) is 0 Å². The van der Waals surface area contributed by atoms with Crippen molar-refractivity contribution in [3.05, 3.63) is 64.7 Å². The van der Waals surface area contributed by atoms with Crippen molar-refractivity contribution in [3.63, 3.8) is 0 Å². The van der Waals surface area contributed by atoms with Crippen molar-refractivity contribution in [2.45, 2.75) is 65.2 Å². The standard InChI is InChI=1S/C26H33NO2/c1-3-5-7-11-18-27(19-12-8-6-4-2)23-17-13-16-22-24(23)26(29)21-15-10-9-14-20(21)25(22)28/h9-10,13-17H,3-8,11-12,18-19H2,1-2H3. The first-order valence-corrected chi connectivity index (χ1v) is 11.2. The molecule has 3 nitrogen and oxygen atoms in total. The maximum atomic E-state index is 13.4. The molecule has 1 aliphatic carbocycles. The summed E-state index contributed by atoms with van der Waals surface area (Å²) in [6.07, 6.45) is 9.53. The Labute approximate surface area is 175 Å². The lowest BCUT2D eigenvalue weighted by atomic mass is 9.83. The van der Waals surface area contributed by atoms with Crippen molar-refractivity contribution < 1.29 is 9.59 Å². The Morgan fingerprint density at radius 3 is 1.76 bits per heavy atom. The normalized spacial score (nSPS) is 12.6. The Hall–Kier alpha value is -2.42. The molecular formula is C26H33NO2. The molecule has 154 valence electrons. The first-order chi connectivity index (χ1) is 14.2. The topological polar surface area (TPSA) is 37.4 Å². The summed E-state index contributed by atoms with van der Waals surface area (Å²) in [5.41, 5.74) is 3.15. The first-order valence-electron chi connectivity index (χ1n) is 11.2. The monoisotopic (exact) mass is 391 g/mol. The van der Waals surface area contributed by atoms with Crippen LogP contribution in [0.5, 0.6) is 0 Å². The number of nitrogens with zero attached hydrogens (tertiary/aromatic N) is 1. The van der Waals surface area contributed by atoms with Gasteiger partial charge >= 0.3 is 0 Å². The summed E-state index contributed by atoms with van der Waals surface area (Å²) < 4.78 is 0. The molecule has 0 unspecified atom stereocenters. The Balaban J connectivity index is 1.92. The third-order valence-electron chi connectivity index (χ3n) is 5.83. The lowest BCUT2D eigenvalue weighted by molar-refractivity contribution is 0.0979. The molecule has 3 heteroatoms. The van der Waals surface area contributed by atoms with Gasteiger partial charge in [0.25, 0.3) is 0 Å². The highest BCUT2D eigenvalue weighted by molar-refractivity contribution is 6.30. The van der Waals surface area contributed by atoms with E-state index in [-0.39, 0.29) is 11.6 Å². The average Bonchev–Trinajstić information content (AvgIpc) is 2.76. The van der Waals surface area contributed by atoms with E-state index in [0.717, 1.165) is 31.6 Å². The van der Waals surface area contributed by atoms with Gasteiger partial charge < -0.3 is 4.90 Å². The molecule has 0 saturated carbocycles. The third-order valence-corrected chi connectivity index (χ3v) is 5.83. The molecule has 3 rings (SSSR count). The van der Waals surface area contributed by atoms with Gasteiger partial charge in [-0.15, -0.1) is 0 Å². The predicted octanol–water partition coefficient (Wildman–Crippen LogP) is 6.43. The quantitative estimate of drug-likeness (QED) is 0.353. The van der Waals surface area contributed by atoms with E-state index in [0.29, 0.717) is 22.3 Å². The van der Waals surface area contributed by atoms with E-state index in [9.17, 15) is 9.59 Å². The summed E-state index contributed by atoms with van der Waals surface area (Å²) in [6, 6.07) is 13.0. The van der Waals surface area contributed by atoms with Crippen molar-refractivity contribution in [1.82, 2.24) is 0 Å². The van der Waals surface area contributed by atoms with Crippen LogP contribution in [-0.4, -0.2) is 24.7 Å². The molecule has 0 aromatic heterocycles. The van der Waals surface area contributed by atoms with Gasteiger partial charge in [0.15, 0.2) is 11.6 Å². The van der Waals surface area contributed by atoms with Crippen molar-refractivity contribution in [2.75, 3.05) is 18.0 Å². The van der Waals surface area contributed by atoms with E-state index in [2.05, 4.69) is 18.7 Å². The number of hydrogen-bond donors (Lipinski definition) is 0. The van der Waals surface area contributed by atoms with Gasteiger partial charge in [0.2, 0.25) is 0 Å². The van der Waals surface area contributed by atoms with Gasteiger partial charge in [-0.3, -0.25) is 9.59 Å². The largest absolute Gasteiger partial charge is 0.371 e. The molecule has 2 aromatic carbocycles. The van der Waals surface area contributed by atoms with Crippen LogP contribution < -0.4 is 4.90 Å². The minimum Gasteiger partial charge on any atom is -0.371 e. The number of unbranched alkanes of at least 4 members (excludes halogenated alkanes) is 6. The lowest BCUT2D eigenvalue weighted by Gasteiger charge is -2.29. The molecule has 0 radical (unpaired) electrons. The van der Waals surface area contributed by atoms with Gasteiger partial charge in [0.05, 0.1) is 5.56 Å². The molecular weight excluding hydrogens is 358 g/mol. The number of carbonyl (C=O) groups is 2. The van der Waals surface area contributed by atoms with E-state index in [4.69, 9.17) is 0 Å². The van der Waals surface area contributed by atoms with Gasteiger partial charge in [-0.25, -0.2) is 0 Å². The van der Waals surface area contributed by atoms with Gasteiger partial charge in [0, 0.05) is 35.5 Å². The van der Waals surface area contributed by atoms with Gasteiger partial charge in [-0.05, 0) is 18.9 Å². The molecule has 0 aliphatic heterocycles. The number of carbonyl (C=O) groups excluding carboxylic acids is 2. The van der Waals surface area contributed by atoms with E-state index in [1.54, 1.807) is 18.2 Å². The Bertz CT molecular complexity index is 844. The Morgan fingerprint density at radius 1 is 0.621 bits per heavy atom. The SMILES string of the molecule is CCCCCCN(CCCCCC)c1cccc2c1C(=O)c1ccccc1C2=O. The highest BCUT2D eigenvalue weighted by Crippen LogP contribution is 2.34. The summed E-state index contributed by atoms with van der Waals surface area (Å²) in [5.74, 6) is -0.0492. The number of rotatable bonds is 11. The minimum absolute atomic E-state index is 0.0158. The highest BCUT2D eigenvalue weighted by Gasteiger charge is 2.32. The molecule has 29 heavy (non-hydrogen) atoms. The summed E-state index contributed by atoms with van der Waals surface area (Å²) in [7, 11) is 0. The van der Waals surface area contributed by atoms with Gasteiger partial charge in [0.1, 0.15) is 0 Å². The second-order valence-electron chi connectivity index (χ2n) is 8.01. The molecule has 0 spiro atoms. The Morgan fingerprint density at radius 2 is 1.17 bits per heavy atom. The van der Waals surface area contributed by atoms with Crippen LogP contribution in [0.15, 0.2) is 42.5 Å². The molecule has 0 amide bonds. The lowest BCUT2D eigenvalue weighted by Crippen LogP contribution is -2.30. The third kappa shape index (κ3) is 4.77. The zero-order valence-corrected chi connectivity index (χ0v) is 17.9. The minimum atomic E-state index is -0.0334. The van der Waals surface area contributed by atoms with Crippen molar-refractivity contribution >= 4 is 17.3 Å². The fraction of sp³-hybridized carbons (Fsp3) is 0.462. The van der Waals surface area contributed by atoms with E-state index < -0.39 is 0 Å². The van der Waals surface area contributed by atoms with Crippen molar-refractivity contribution in [3.8, 4) is 0 Å². The van der Waals surface area contributed by atoms with E-state index in [1.807, 2.05) is 24.3 Å². The van der Waals surface area contributed by atoms with Crippen LogP contribution in [0.1, 0.15) is 97.1 Å². The fourth-order valence-corrected chi connectivity index (χ4v) is 4.20. The van der Waals surface area contributed by atoms with Crippen molar-refractivity contribution in [2.24, 2.45) is 0 Å². The van der Waals surface area contributed by atoms with Crippen LogP contribution in [0, 0.1) is 0 Å². The fourth-order valence-electron chi connectivity index (χ4n) is 4.20. The molecule has 0 fully saturated rings. The first kappa shape index (κ1) is 21.3. The van der Waals surface area contributed by atoms with Crippen LogP contribution in [0.4, 0.5) is 5.69 Å². The van der Waals surface area contributed by atoms with Crippen LogP contribution >= 0.6 is 0 Å². The van der Waals surface area contributed by atoms with Crippen LogP contribution in [-0.2, 0) is 0 Å². The zero-order chi connectivity index (χ0) is 20.6. The maximum absolute atomic E-state index is 13.4. The second kappa shape index (κ2) is 10.4. The molecule has 1 aliphatic rings. The maximum Gasteiger partial charge on any atom is 0.196 e. The van der Waals surface area contributed by atoms with Crippen LogP contribution in [0.2, 0.25) is 0 Å². The van der Waals surface area contributed by atoms with E-state index >= 15 is 0 Å². The van der Waals surface area contributed by atoms with E-state index in [1.165, 1.54) is 38.5 Å². The molecule has 0 heterocycles. The van der Waals surface area contributed by atoms with Crippen molar-refractivity contribution in [1.29, 1.82) is 0 Å². The number of benzene rings is 2. The number of fused-ring (bicyclic) bond motifs is 2. The molecule has 0 saturated heterocycles. The number of ketones is 2. The summed E-state index contributed by atoms with van der Waals surface area (Å²) in [5, 5.41) is 0. The second-order valence-corrected chi connectivity index (χ2v) is 8.01. The molecule has 2 aromatic rings. The van der Waals surface area contributed by atoms with Crippen LogP contribution in [0.25, 0.3) is 0 Å². The summed E-state index contributed by atoms with van der Waals surface area (Å²) >= 11 is 0. The summed E-state index contributed by atoms with van der Waals surface area (Å²) in [6.45, 7) is 6.31. The number of hydrogen-bond acceptors (Lipinski definition) is 3. The molecule has 0 bridgehead atoms. The number of anilines is 1. The zero-order valence-electron chi connectivity index (χ0n) is 17.9. The highest BCUT2D eigenvalue weighted by atomic mass is 16.1. The molecule has 0 atom stereocenters. The van der Waals surface area contributed by atoms with Gasteiger partial charge in [-0.1, -0.05) is 88.8 Å². The molecule has 0 N–H and O–H groups in total. The Kier molecular flexibility index (Phi) is 7.62.